The number of anilines is 1. The van der Waals surface area contributed by atoms with E-state index < -0.39 is 0 Å². The number of hydrogen-bond acceptors (Lipinski definition) is 7. The third-order valence-corrected chi connectivity index (χ3v) is 6.00. The zero-order valence-corrected chi connectivity index (χ0v) is 20.6. The average Bonchev–Trinajstić information content (AvgIpc) is 3.11. The highest BCUT2D eigenvalue weighted by Crippen LogP contribution is 2.47. The van der Waals surface area contributed by atoms with Crippen LogP contribution < -0.4 is 4.90 Å². The molecule has 1 heterocycles. The molecule has 33 heavy (non-hydrogen) atoms. The second-order valence-corrected chi connectivity index (χ2v) is 8.70. The Bertz CT molecular complexity index is 1040. The van der Waals surface area contributed by atoms with Crippen LogP contribution in [0.1, 0.15) is 31.9 Å². The Hall–Kier alpha value is -2.82. The maximum absolute atomic E-state index is 9.14. The highest BCUT2D eigenvalue weighted by atomic mass is 32.1. The maximum atomic E-state index is 9.14. The fourth-order valence-corrected chi connectivity index (χ4v) is 4.02. The lowest BCUT2D eigenvalue weighted by molar-refractivity contribution is -0.0396. The summed E-state index contributed by atoms with van der Waals surface area (Å²) in [4.78, 5) is 9.17. The topological polar surface area (TPSA) is 75.4 Å². The van der Waals surface area contributed by atoms with Gasteiger partial charge in [0.05, 0.1) is 50.9 Å². The van der Waals surface area contributed by atoms with Crippen LogP contribution in [0.5, 0.6) is 0 Å². The lowest BCUT2D eigenvalue weighted by atomic mass is 10.1. The van der Waals surface area contributed by atoms with Crippen molar-refractivity contribution in [1.29, 1.82) is 0 Å². The molecule has 1 aromatic carbocycles. The normalized spacial score (nSPS) is 12.2. The van der Waals surface area contributed by atoms with Crippen molar-refractivity contribution in [2.75, 3.05) is 37.8 Å². The lowest BCUT2D eigenvalue weighted by Gasteiger charge is -2.29. The van der Waals surface area contributed by atoms with Crippen molar-refractivity contribution in [3.63, 3.8) is 0 Å². The van der Waals surface area contributed by atoms with Crippen molar-refractivity contribution in [3.8, 4) is 0 Å². The van der Waals surface area contributed by atoms with Gasteiger partial charge in [-0.2, -0.15) is 10.2 Å². The van der Waals surface area contributed by atoms with E-state index in [0.29, 0.717) is 40.1 Å². The highest BCUT2D eigenvalue weighted by Gasteiger charge is 2.17. The van der Waals surface area contributed by atoms with Crippen LogP contribution in [0.4, 0.5) is 27.1 Å². The first-order valence-electron chi connectivity index (χ1n) is 10.8. The summed E-state index contributed by atoms with van der Waals surface area (Å²) in [6, 6.07) is 5.93. The van der Waals surface area contributed by atoms with Crippen molar-refractivity contribution in [1.82, 2.24) is 0 Å². The Balaban J connectivity index is 2.20. The van der Waals surface area contributed by atoms with Crippen molar-refractivity contribution in [2.24, 2.45) is 10.2 Å². The molecule has 0 fully saturated rings. The van der Waals surface area contributed by atoms with Crippen LogP contribution >= 0.6 is 11.3 Å². The minimum absolute atomic E-state index is 0.0283. The van der Waals surface area contributed by atoms with Crippen molar-refractivity contribution in [2.45, 2.75) is 46.8 Å². The van der Waals surface area contributed by atoms with E-state index in [1.807, 2.05) is 39.0 Å². The van der Waals surface area contributed by atoms with E-state index in [4.69, 9.17) is 27.7 Å². The van der Waals surface area contributed by atoms with Crippen LogP contribution in [-0.4, -0.2) is 50.2 Å². The summed E-state index contributed by atoms with van der Waals surface area (Å²) in [6.45, 7) is 26.5. The van der Waals surface area contributed by atoms with E-state index in [1.165, 1.54) is 11.3 Å². The van der Waals surface area contributed by atoms with Crippen LogP contribution in [-0.2, 0) is 9.47 Å². The molecule has 176 valence electrons. The van der Waals surface area contributed by atoms with Gasteiger partial charge >= 0.3 is 0 Å². The number of aliphatic hydroxyl groups is 1. The third-order valence-electron chi connectivity index (χ3n) is 4.95. The predicted molar refractivity (Wildman–Crippen MR) is 133 cm³/mol. The lowest BCUT2D eigenvalue weighted by Crippen LogP contribution is -2.37. The zero-order valence-electron chi connectivity index (χ0n) is 19.8. The summed E-state index contributed by atoms with van der Waals surface area (Å²) in [5, 5.41) is 18.7. The Kier molecular flexibility index (Phi) is 10.4. The molecule has 1 N–H and O–H groups in total. The first kappa shape index (κ1) is 26.4. The number of ether oxygens (including phenoxy) is 2. The summed E-state index contributed by atoms with van der Waals surface area (Å²) >= 11 is 1.19. The van der Waals surface area contributed by atoms with E-state index in [0.717, 1.165) is 17.8 Å². The van der Waals surface area contributed by atoms with E-state index in [1.54, 1.807) is 6.92 Å². The number of benzene rings is 1. The highest BCUT2D eigenvalue weighted by molar-refractivity contribution is 7.20. The number of thiophene rings is 1. The van der Waals surface area contributed by atoms with Crippen LogP contribution in [0.25, 0.3) is 9.69 Å². The fraction of sp³-hybridized carbons (Fsp3) is 0.500. The Morgan fingerprint density at radius 1 is 1.15 bits per heavy atom. The molecular formula is C24H31N5O3S. The van der Waals surface area contributed by atoms with Gasteiger partial charge in [-0.3, -0.25) is 0 Å². The minimum Gasteiger partial charge on any atom is -0.394 e. The second kappa shape index (κ2) is 13.0. The number of hydrogen-bond donors (Lipinski definition) is 1. The van der Waals surface area contributed by atoms with Crippen LogP contribution in [0.2, 0.25) is 0 Å². The fourth-order valence-electron chi connectivity index (χ4n) is 3.17. The maximum Gasteiger partial charge on any atom is 0.234 e. The molecule has 1 atom stereocenters. The quantitative estimate of drug-likeness (QED) is 0.284. The van der Waals surface area contributed by atoms with Gasteiger partial charge in [0.2, 0.25) is 10.7 Å². The summed E-state index contributed by atoms with van der Waals surface area (Å²) in [6.07, 6.45) is -0.0570. The van der Waals surface area contributed by atoms with Gasteiger partial charge in [0.15, 0.2) is 0 Å². The monoisotopic (exact) mass is 469 g/mol. The van der Waals surface area contributed by atoms with Crippen LogP contribution in [0.15, 0.2) is 28.4 Å². The van der Waals surface area contributed by atoms with Gasteiger partial charge < -0.3 is 19.5 Å². The Morgan fingerprint density at radius 3 is 2.48 bits per heavy atom. The summed E-state index contributed by atoms with van der Waals surface area (Å²) in [5.74, 6) is 0. The molecule has 8 nitrogen and oxygen atoms in total. The van der Waals surface area contributed by atoms with Gasteiger partial charge in [0.1, 0.15) is 5.00 Å². The van der Waals surface area contributed by atoms with Gasteiger partial charge in [-0.15, -0.1) is 11.3 Å². The molecule has 2 rings (SSSR count). The first-order valence-corrected chi connectivity index (χ1v) is 11.7. The van der Waals surface area contributed by atoms with Crippen LogP contribution in [0.3, 0.4) is 0 Å². The van der Waals surface area contributed by atoms with Gasteiger partial charge in [-0.25, -0.2) is 9.69 Å². The molecule has 1 aromatic heterocycles. The molecule has 0 amide bonds. The standard InChI is InChI=1S/C24H31N5O3S/c1-8-29(14-20(31-12-11-30)15-32-16(2)3)19-9-10-21(17(4)13-19)27-28-24-22(25-6)18(5)23(26-7)33-24/h9-10,13,16,20,30H,8,11-12,14-15H2,1-5H3. The number of azo groups is 1. The van der Waals surface area contributed by atoms with E-state index >= 15 is 0 Å². The zero-order chi connectivity index (χ0) is 24.4. The Morgan fingerprint density at radius 2 is 1.91 bits per heavy atom. The van der Waals surface area contributed by atoms with E-state index in [-0.39, 0.29) is 25.4 Å². The van der Waals surface area contributed by atoms with Crippen molar-refractivity contribution >= 4 is 38.4 Å². The Labute approximate surface area is 200 Å². The molecule has 0 spiro atoms. The average molecular weight is 470 g/mol. The SMILES string of the molecule is [C-]#[N+]c1sc(N=Nc2ccc(N(CC)CC(COC(C)C)OCCO)cc2C)c([N+]#[C-])c1C. The number of nitrogens with zero attached hydrogens (tertiary/aromatic N) is 5. The van der Waals surface area contributed by atoms with Crippen molar-refractivity contribution in [3.05, 3.63) is 52.2 Å². The minimum atomic E-state index is -0.162. The van der Waals surface area contributed by atoms with Crippen LogP contribution in [0, 0.1) is 27.0 Å². The summed E-state index contributed by atoms with van der Waals surface area (Å²) in [7, 11) is 0. The largest absolute Gasteiger partial charge is 0.394 e. The molecule has 0 saturated carbocycles. The molecule has 0 aliphatic carbocycles. The molecule has 0 radical (unpaired) electrons. The number of likely N-dealkylation sites (N-methyl/N-ethyl adjacent to an activating group) is 1. The molecule has 0 aliphatic rings. The third kappa shape index (κ3) is 7.34. The summed E-state index contributed by atoms with van der Waals surface area (Å²) in [5.41, 5.74) is 3.73. The molecular weight excluding hydrogens is 438 g/mol. The van der Waals surface area contributed by atoms with Crippen molar-refractivity contribution < 1.29 is 14.6 Å². The van der Waals surface area contributed by atoms with E-state index in [9.17, 15) is 0 Å². The smallest absolute Gasteiger partial charge is 0.234 e. The van der Waals surface area contributed by atoms with Gasteiger partial charge in [0.25, 0.3) is 0 Å². The van der Waals surface area contributed by atoms with Gasteiger partial charge in [-0.1, -0.05) is 6.92 Å². The molecule has 0 bridgehead atoms. The van der Waals surface area contributed by atoms with E-state index in [2.05, 4.69) is 31.7 Å². The molecule has 9 heteroatoms. The first-order chi connectivity index (χ1) is 15.8. The van der Waals surface area contributed by atoms with Gasteiger partial charge in [-0.05, 0) is 57.0 Å². The predicted octanol–water partition coefficient (Wildman–Crippen LogP) is 6.51. The number of aryl methyl sites for hydroxylation is 1. The number of aliphatic hydroxyl groups excluding tert-OH is 1. The molecule has 2 aromatic rings. The molecule has 0 saturated heterocycles. The molecule has 1 unspecified atom stereocenters. The number of rotatable bonds is 12. The second-order valence-electron chi connectivity index (χ2n) is 7.72. The molecule has 0 aliphatic heterocycles. The summed E-state index contributed by atoms with van der Waals surface area (Å²) < 4.78 is 11.5. The van der Waals surface area contributed by atoms with Gasteiger partial charge in [0, 0.05) is 18.8 Å².